The lowest BCUT2D eigenvalue weighted by Crippen LogP contribution is -2.68. The van der Waals surface area contributed by atoms with Crippen molar-refractivity contribution in [2.24, 2.45) is 5.41 Å². The van der Waals surface area contributed by atoms with Crippen LogP contribution >= 0.6 is 11.6 Å². The number of fused-ring (bicyclic) bond motifs is 1. The van der Waals surface area contributed by atoms with Crippen molar-refractivity contribution in [3.63, 3.8) is 0 Å². The number of carbonyl (C=O) groups is 1. The van der Waals surface area contributed by atoms with Crippen molar-refractivity contribution in [1.29, 1.82) is 5.26 Å². The van der Waals surface area contributed by atoms with Gasteiger partial charge in [-0.1, -0.05) is 11.6 Å². The molecule has 3 aromatic rings. The van der Waals surface area contributed by atoms with Crippen molar-refractivity contribution >= 4 is 28.7 Å². The van der Waals surface area contributed by atoms with Gasteiger partial charge in [-0.2, -0.15) is 5.26 Å². The summed E-state index contributed by atoms with van der Waals surface area (Å²) in [6.45, 7) is 7.66. The maximum atomic E-state index is 12.5. The second kappa shape index (κ2) is 8.70. The second-order valence-corrected chi connectivity index (χ2v) is 10.4. The van der Waals surface area contributed by atoms with E-state index in [2.05, 4.69) is 16.0 Å². The Morgan fingerprint density at radius 1 is 1.29 bits per heavy atom. The van der Waals surface area contributed by atoms with Gasteiger partial charge in [-0.3, -0.25) is 4.57 Å². The van der Waals surface area contributed by atoms with Gasteiger partial charge in [0.2, 0.25) is 5.88 Å². The van der Waals surface area contributed by atoms with Crippen molar-refractivity contribution in [2.75, 3.05) is 26.3 Å². The van der Waals surface area contributed by atoms with Gasteiger partial charge in [-0.25, -0.2) is 14.8 Å². The van der Waals surface area contributed by atoms with Gasteiger partial charge >= 0.3 is 6.09 Å². The highest BCUT2D eigenvalue weighted by Crippen LogP contribution is 2.42. The Hall–Kier alpha value is -3.35. The van der Waals surface area contributed by atoms with Crippen LogP contribution in [-0.4, -0.2) is 63.5 Å². The first-order chi connectivity index (χ1) is 16.7. The highest BCUT2D eigenvalue weighted by Gasteiger charge is 2.54. The van der Waals surface area contributed by atoms with E-state index in [9.17, 15) is 4.79 Å². The van der Waals surface area contributed by atoms with Crippen LogP contribution in [0.2, 0.25) is 5.02 Å². The molecule has 0 bridgehead atoms. The van der Waals surface area contributed by atoms with Gasteiger partial charge in [0.15, 0.2) is 5.65 Å². The molecular weight excluding hydrogens is 470 g/mol. The monoisotopic (exact) mass is 495 g/mol. The smallest absolute Gasteiger partial charge is 0.410 e. The minimum atomic E-state index is -0.545. The van der Waals surface area contributed by atoms with Gasteiger partial charge < -0.3 is 19.1 Å². The van der Waals surface area contributed by atoms with Gasteiger partial charge in [-0.15, -0.1) is 0 Å². The van der Waals surface area contributed by atoms with Crippen molar-refractivity contribution in [3.8, 4) is 17.6 Å². The molecule has 35 heavy (non-hydrogen) atoms. The summed E-state index contributed by atoms with van der Waals surface area (Å²) < 4.78 is 19.6. The fourth-order valence-electron chi connectivity index (χ4n) is 4.64. The van der Waals surface area contributed by atoms with Crippen LogP contribution in [0.3, 0.4) is 0 Å². The first-order valence-corrected chi connectivity index (χ1v) is 11.8. The summed E-state index contributed by atoms with van der Waals surface area (Å²) in [7, 11) is 0. The number of amides is 1. The molecule has 4 heterocycles. The molecule has 10 heteroatoms. The number of ether oxygens (including phenoxy) is 3. The molecule has 2 aliphatic heterocycles. The van der Waals surface area contributed by atoms with Crippen molar-refractivity contribution in [3.05, 3.63) is 47.4 Å². The van der Waals surface area contributed by atoms with Crippen molar-refractivity contribution in [1.82, 2.24) is 19.4 Å². The molecule has 1 spiro atoms. The first kappa shape index (κ1) is 23.4. The molecule has 1 atom stereocenters. The van der Waals surface area contributed by atoms with Crippen LogP contribution in [0, 0.1) is 16.7 Å². The standard InChI is InChI=1S/C25H26ClN5O4/c1-24(2,3)35-23(32)30-12-25(13-30)14-33-9-7-20(25)34-22-17-6-8-31(21(17)28-15-29-22)19-5-4-16(11-27)10-18(19)26/h4-6,8,10,15,20H,7,9,12-14H2,1-3H3/t20-/m1/s1. The zero-order valence-corrected chi connectivity index (χ0v) is 20.6. The van der Waals surface area contributed by atoms with E-state index in [1.165, 1.54) is 6.33 Å². The highest BCUT2D eigenvalue weighted by atomic mass is 35.5. The number of hydrogen-bond donors (Lipinski definition) is 0. The van der Waals surface area contributed by atoms with Gasteiger partial charge in [0, 0.05) is 25.7 Å². The Balaban J connectivity index is 1.39. The van der Waals surface area contributed by atoms with Crippen LogP contribution < -0.4 is 4.74 Å². The predicted molar refractivity (Wildman–Crippen MR) is 129 cm³/mol. The summed E-state index contributed by atoms with van der Waals surface area (Å²) >= 11 is 6.44. The van der Waals surface area contributed by atoms with Gasteiger partial charge in [0.25, 0.3) is 0 Å². The second-order valence-electron chi connectivity index (χ2n) is 10.0. The van der Waals surface area contributed by atoms with Gasteiger partial charge in [0.05, 0.1) is 46.4 Å². The summed E-state index contributed by atoms with van der Waals surface area (Å²) in [4.78, 5) is 23.0. The van der Waals surface area contributed by atoms with Crippen LogP contribution in [0.25, 0.3) is 16.7 Å². The molecule has 1 amide bonds. The SMILES string of the molecule is CC(C)(C)OC(=O)N1CC2(COCC[C@H]2Oc2ncnc3c2ccn3-c2ccc(C#N)cc2Cl)C1. The number of benzene rings is 1. The van der Waals surface area contributed by atoms with Crippen LogP contribution in [0.4, 0.5) is 4.79 Å². The average Bonchev–Trinajstić information content (AvgIpc) is 3.21. The lowest BCUT2D eigenvalue weighted by Gasteiger charge is -2.54. The number of nitriles is 1. The fraction of sp³-hybridized carbons (Fsp3) is 0.440. The van der Waals surface area contributed by atoms with Crippen LogP contribution in [-0.2, 0) is 9.47 Å². The maximum absolute atomic E-state index is 12.5. The summed E-state index contributed by atoms with van der Waals surface area (Å²) in [6, 6.07) is 9.10. The Kier molecular flexibility index (Phi) is 5.82. The Morgan fingerprint density at radius 3 is 2.80 bits per heavy atom. The summed E-state index contributed by atoms with van der Waals surface area (Å²) in [5.74, 6) is 0.473. The largest absolute Gasteiger partial charge is 0.473 e. The number of rotatable bonds is 3. The maximum Gasteiger partial charge on any atom is 0.410 e. The van der Waals surface area contributed by atoms with Crippen LogP contribution in [0.1, 0.15) is 32.8 Å². The number of likely N-dealkylation sites (tertiary alicyclic amines) is 1. The molecule has 2 fully saturated rings. The van der Waals surface area contributed by atoms with E-state index in [0.717, 1.165) is 5.39 Å². The summed E-state index contributed by atoms with van der Waals surface area (Å²) in [5.41, 5.74) is 0.980. The number of hydrogen-bond acceptors (Lipinski definition) is 7. The molecule has 2 aromatic heterocycles. The van der Waals surface area contributed by atoms with E-state index in [1.807, 2.05) is 37.6 Å². The summed E-state index contributed by atoms with van der Waals surface area (Å²) in [5, 5.41) is 10.3. The lowest BCUT2D eigenvalue weighted by molar-refractivity contribution is -0.156. The third-order valence-corrected chi connectivity index (χ3v) is 6.60. The fourth-order valence-corrected chi connectivity index (χ4v) is 4.91. The Bertz CT molecular complexity index is 1320. The normalized spacial score (nSPS) is 19.3. The topological polar surface area (TPSA) is 102 Å². The molecule has 0 saturated carbocycles. The van der Waals surface area contributed by atoms with Crippen LogP contribution in [0.5, 0.6) is 5.88 Å². The zero-order chi connectivity index (χ0) is 24.8. The number of nitrogens with zero attached hydrogens (tertiary/aromatic N) is 5. The molecule has 182 valence electrons. The Labute approximate surface area is 208 Å². The molecule has 5 rings (SSSR count). The third kappa shape index (κ3) is 4.40. The lowest BCUT2D eigenvalue weighted by atomic mass is 9.73. The molecule has 0 radical (unpaired) electrons. The number of halogens is 1. The highest BCUT2D eigenvalue weighted by molar-refractivity contribution is 6.32. The number of aromatic nitrogens is 3. The predicted octanol–water partition coefficient (Wildman–Crippen LogP) is 4.35. The molecule has 0 N–H and O–H groups in total. The molecule has 2 saturated heterocycles. The molecule has 2 aliphatic rings. The molecule has 1 aromatic carbocycles. The quantitative estimate of drug-likeness (QED) is 0.532. The summed E-state index contributed by atoms with van der Waals surface area (Å²) in [6.07, 6.45) is 3.51. The van der Waals surface area contributed by atoms with E-state index in [-0.39, 0.29) is 17.6 Å². The Morgan fingerprint density at radius 2 is 2.09 bits per heavy atom. The van der Waals surface area contributed by atoms with Gasteiger partial charge in [0.1, 0.15) is 18.0 Å². The van der Waals surface area contributed by atoms with Crippen molar-refractivity contribution < 1.29 is 19.0 Å². The van der Waals surface area contributed by atoms with E-state index in [4.69, 9.17) is 31.1 Å². The number of carbonyl (C=O) groups excluding carboxylic acids is 1. The molecular formula is C25H26ClN5O4. The minimum absolute atomic E-state index is 0.171. The van der Waals surface area contributed by atoms with E-state index >= 15 is 0 Å². The van der Waals surface area contributed by atoms with Gasteiger partial charge in [-0.05, 0) is 45.0 Å². The van der Waals surface area contributed by atoms with E-state index in [1.54, 1.807) is 23.1 Å². The first-order valence-electron chi connectivity index (χ1n) is 11.4. The van der Waals surface area contributed by atoms with Crippen LogP contribution in [0.15, 0.2) is 36.8 Å². The molecule has 0 aliphatic carbocycles. The van der Waals surface area contributed by atoms with E-state index in [0.29, 0.717) is 60.5 Å². The van der Waals surface area contributed by atoms with Crippen molar-refractivity contribution in [2.45, 2.75) is 38.9 Å². The molecule has 0 unspecified atom stereocenters. The third-order valence-electron chi connectivity index (χ3n) is 6.30. The molecule has 9 nitrogen and oxygen atoms in total. The minimum Gasteiger partial charge on any atom is -0.473 e. The zero-order valence-electron chi connectivity index (χ0n) is 19.8. The average molecular weight is 496 g/mol. The van der Waals surface area contributed by atoms with E-state index < -0.39 is 5.60 Å².